The van der Waals surface area contributed by atoms with Crippen molar-refractivity contribution < 1.29 is 14.3 Å². The zero-order valence-corrected chi connectivity index (χ0v) is 6.63. The van der Waals surface area contributed by atoms with E-state index in [9.17, 15) is 4.79 Å². The molecule has 1 unspecified atom stereocenters. The number of esters is 1. The van der Waals surface area contributed by atoms with Crippen molar-refractivity contribution in [1.29, 1.82) is 0 Å². The lowest BCUT2D eigenvalue weighted by atomic mass is 10.2. The van der Waals surface area contributed by atoms with Crippen LogP contribution in [0.25, 0.3) is 0 Å². The highest BCUT2D eigenvalue weighted by atomic mass is 16.6. The number of epoxide rings is 1. The molecular formula is C8H12O3. The standard InChI is InChI=1S/C8H12O3/c1-3-10-8(9)6(2)4-7-5-11-7/h7H,2-5H2,1H3. The predicted octanol–water partition coefficient (Wildman–Crippen LogP) is 0.895. The Hall–Kier alpha value is -0.830. The Labute approximate surface area is 66.0 Å². The van der Waals surface area contributed by atoms with E-state index in [0.717, 1.165) is 6.61 Å². The van der Waals surface area contributed by atoms with Crippen molar-refractivity contribution >= 4 is 5.97 Å². The fraction of sp³-hybridized carbons (Fsp3) is 0.625. The van der Waals surface area contributed by atoms with Gasteiger partial charge in [-0.25, -0.2) is 4.79 Å². The summed E-state index contributed by atoms with van der Waals surface area (Å²) in [6.45, 7) is 6.53. The summed E-state index contributed by atoms with van der Waals surface area (Å²) in [5.41, 5.74) is 0.509. The molecule has 0 aliphatic carbocycles. The van der Waals surface area contributed by atoms with Crippen LogP contribution >= 0.6 is 0 Å². The zero-order chi connectivity index (χ0) is 8.27. The number of carbonyl (C=O) groups excluding carboxylic acids is 1. The summed E-state index contributed by atoms with van der Waals surface area (Å²) in [6.07, 6.45) is 0.825. The van der Waals surface area contributed by atoms with Crippen LogP contribution in [0.1, 0.15) is 13.3 Å². The summed E-state index contributed by atoms with van der Waals surface area (Å²) in [5, 5.41) is 0. The molecule has 1 heterocycles. The molecule has 0 aromatic heterocycles. The van der Waals surface area contributed by atoms with Crippen LogP contribution in [-0.2, 0) is 14.3 Å². The molecule has 11 heavy (non-hydrogen) atoms. The van der Waals surface area contributed by atoms with E-state index in [-0.39, 0.29) is 12.1 Å². The van der Waals surface area contributed by atoms with Gasteiger partial charge in [-0.3, -0.25) is 0 Å². The van der Waals surface area contributed by atoms with E-state index in [1.54, 1.807) is 6.92 Å². The van der Waals surface area contributed by atoms with Gasteiger partial charge in [0, 0.05) is 12.0 Å². The van der Waals surface area contributed by atoms with Crippen LogP contribution in [0.4, 0.5) is 0 Å². The smallest absolute Gasteiger partial charge is 0.333 e. The van der Waals surface area contributed by atoms with Crippen molar-refractivity contribution in [3.05, 3.63) is 12.2 Å². The van der Waals surface area contributed by atoms with Gasteiger partial charge in [-0.05, 0) is 6.92 Å². The number of rotatable bonds is 4. The Balaban J connectivity index is 2.21. The first-order valence-corrected chi connectivity index (χ1v) is 3.70. The summed E-state index contributed by atoms with van der Waals surface area (Å²) in [6, 6.07) is 0. The molecule has 1 atom stereocenters. The molecule has 3 nitrogen and oxygen atoms in total. The summed E-state index contributed by atoms with van der Waals surface area (Å²) < 4.78 is 9.68. The van der Waals surface area contributed by atoms with Gasteiger partial charge in [0.2, 0.25) is 0 Å². The topological polar surface area (TPSA) is 38.8 Å². The van der Waals surface area contributed by atoms with Crippen molar-refractivity contribution in [2.75, 3.05) is 13.2 Å². The number of hydrogen-bond donors (Lipinski definition) is 0. The van der Waals surface area contributed by atoms with E-state index in [4.69, 9.17) is 9.47 Å². The molecule has 62 valence electrons. The van der Waals surface area contributed by atoms with Crippen LogP contribution in [0.2, 0.25) is 0 Å². The van der Waals surface area contributed by atoms with E-state index in [1.807, 2.05) is 0 Å². The first kappa shape index (κ1) is 8.27. The lowest BCUT2D eigenvalue weighted by Gasteiger charge is -2.01. The normalized spacial score (nSPS) is 21.0. The molecule has 1 fully saturated rings. The second-order valence-corrected chi connectivity index (χ2v) is 2.48. The summed E-state index contributed by atoms with van der Waals surface area (Å²) in [4.78, 5) is 10.9. The lowest BCUT2D eigenvalue weighted by molar-refractivity contribution is -0.138. The molecule has 3 heteroatoms. The van der Waals surface area contributed by atoms with Crippen LogP contribution in [-0.4, -0.2) is 25.3 Å². The van der Waals surface area contributed by atoms with Gasteiger partial charge < -0.3 is 9.47 Å². The molecule has 0 aromatic rings. The fourth-order valence-corrected chi connectivity index (χ4v) is 0.777. The fourth-order valence-electron chi connectivity index (χ4n) is 0.777. The molecule has 0 aromatic carbocycles. The predicted molar refractivity (Wildman–Crippen MR) is 40.1 cm³/mol. The lowest BCUT2D eigenvalue weighted by Crippen LogP contribution is -2.08. The zero-order valence-electron chi connectivity index (χ0n) is 6.63. The summed E-state index contributed by atoms with van der Waals surface area (Å²) >= 11 is 0. The Kier molecular flexibility index (Phi) is 2.65. The number of carbonyl (C=O) groups is 1. The second kappa shape index (κ2) is 3.53. The Morgan fingerprint density at radius 2 is 2.45 bits per heavy atom. The Bertz CT molecular complexity index is 170. The molecule has 1 saturated heterocycles. The van der Waals surface area contributed by atoms with Crippen molar-refractivity contribution in [1.82, 2.24) is 0 Å². The second-order valence-electron chi connectivity index (χ2n) is 2.48. The first-order valence-electron chi connectivity index (χ1n) is 3.70. The minimum Gasteiger partial charge on any atom is -0.463 e. The maximum atomic E-state index is 10.9. The van der Waals surface area contributed by atoms with Gasteiger partial charge in [0.15, 0.2) is 0 Å². The van der Waals surface area contributed by atoms with Crippen LogP contribution in [0, 0.1) is 0 Å². The van der Waals surface area contributed by atoms with Crippen molar-refractivity contribution in [2.24, 2.45) is 0 Å². The minimum absolute atomic E-state index is 0.215. The highest BCUT2D eigenvalue weighted by Gasteiger charge is 2.25. The summed E-state index contributed by atoms with van der Waals surface area (Å²) in [7, 11) is 0. The molecule has 0 N–H and O–H groups in total. The van der Waals surface area contributed by atoms with E-state index in [2.05, 4.69) is 6.58 Å². The average Bonchev–Trinajstić information content (AvgIpc) is 2.72. The van der Waals surface area contributed by atoms with Crippen molar-refractivity contribution in [2.45, 2.75) is 19.4 Å². The third-order valence-corrected chi connectivity index (χ3v) is 1.44. The average molecular weight is 156 g/mol. The molecule has 1 aliphatic rings. The van der Waals surface area contributed by atoms with E-state index in [0.29, 0.717) is 18.6 Å². The van der Waals surface area contributed by atoms with Gasteiger partial charge in [0.1, 0.15) is 0 Å². The highest BCUT2D eigenvalue weighted by molar-refractivity contribution is 5.87. The summed E-state index contributed by atoms with van der Waals surface area (Å²) in [5.74, 6) is -0.303. The van der Waals surface area contributed by atoms with Crippen molar-refractivity contribution in [3.63, 3.8) is 0 Å². The maximum Gasteiger partial charge on any atom is 0.333 e. The third kappa shape index (κ3) is 2.72. The SMILES string of the molecule is C=C(CC1CO1)C(=O)OCC. The van der Waals surface area contributed by atoms with Gasteiger partial charge in [0.05, 0.1) is 19.3 Å². The third-order valence-electron chi connectivity index (χ3n) is 1.44. The van der Waals surface area contributed by atoms with Crippen molar-refractivity contribution in [3.8, 4) is 0 Å². The molecule has 1 rings (SSSR count). The monoisotopic (exact) mass is 156 g/mol. The molecule has 0 amide bonds. The number of ether oxygens (including phenoxy) is 2. The first-order chi connectivity index (χ1) is 5.24. The van der Waals surface area contributed by atoms with Crippen LogP contribution in [0.15, 0.2) is 12.2 Å². The largest absolute Gasteiger partial charge is 0.463 e. The maximum absolute atomic E-state index is 10.9. The molecule has 0 radical (unpaired) electrons. The van der Waals surface area contributed by atoms with Gasteiger partial charge in [-0.15, -0.1) is 0 Å². The van der Waals surface area contributed by atoms with Crippen LogP contribution in [0.3, 0.4) is 0 Å². The molecule has 0 bridgehead atoms. The van der Waals surface area contributed by atoms with Gasteiger partial charge in [-0.2, -0.15) is 0 Å². The van der Waals surface area contributed by atoms with Crippen LogP contribution in [0.5, 0.6) is 0 Å². The highest BCUT2D eigenvalue weighted by Crippen LogP contribution is 2.18. The minimum atomic E-state index is -0.303. The van der Waals surface area contributed by atoms with E-state index >= 15 is 0 Å². The van der Waals surface area contributed by atoms with E-state index < -0.39 is 0 Å². The van der Waals surface area contributed by atoms with Gasteiger partial charge in [0.25, 0.3) is 0 Å². The Morgan fingerprint density at radius 3 is 2.91 bits per heavy atom. The van der Waals surface area contributed by atoms with E-state index in [1.165, 1.54) is 0 Å². The molecular weight excluding hydrogens is 144 g/mol. The van der Waals surface area contributed by atoms with Crippen LogP contribution < -0.4 is 0 Å². The number of hydrogen-bond acceptors (Lipinski definition) is 3. The quantitative estimate of drug-likeness (QED) is 0.345. The molecule has 0 spiro atoms. The molecule has 1 aliphatic heterocycles. The molecule has 0 saturated carbocycles. The Morgan fingerprint density at radius 1 is 1.82 bits per heavy atom. The van der Waals surface area contributed by atoms with Gasteiger partial charge in [-0.1, -0.05) is 6.58 Å². The van der Waals surface area contributed by atoms with Gasteiger partial charge >= 0.3 is 5.97 Å².